The van der Waals surface area contributed by atoms with Gasteiger partial charge in [-0.1, -0.05) is 0 Å². The molecule has 2 aliphatic heterocycles. The molecule has 1 fully saturated rings. The number of rotatable bonds is 2. The molecule has 0 bridgehead atoms. The van der Waals surface area contributed by atoms with Gasteiger partial charge in [0.05, 0.1) is 12.5 Å². The molecule has 0 radical (unpaired) electrons. The summed E-state index contributed by atoms with van der Waals surface area (Å²) in [6.45, 7) is 0.00403. The minimum absolute atomic E-state index is 0.00403. The number of amides is 2. The Bertz CT molecular complexity index is 642. The lowest BCUT2D eigenvalue weighted by atomic mass is 10.1. The molecule has 7 heteroatoms. The quantitative estimate of drug-likeness (QED) is 0.701. The Kier molecular flexibility index (Phi) is 3.13. The first-order valence-corrected chi connectivity index (χ1v) is 6.60. The van der Waals surface area contributed by atoms with Crippen molar-refractivity contribution in [1.29, 1.82) is 0 Å². The summed E-state index contributed by atoms with van der Waals surface area (Å²) < 4.78 is 0. The van der Waals surface area contributed by atoms with Gasteiger partial charge in [-0.25, -0.2) is 4.79 Å². The van der Waals surface area contributed by atoms with Crippen molar-refractivity contribution in [1.82, 2.24) is 4.90 Å². The Balaban J connectivity index is 1.87. The van der Waals surface area contributed by atoms with E-state index in [0.29, 0.717) is 11.3 Å². The van der Waals surface area contributed by atoms with Crippen molar-refractivity contribution in [3.05, 3.63) is 29.3 Å². The third-order valence-corrected chi connectivity index (χ3v) is 3.80. The normalized spacial score (nSPS) is 23.9. The Morgan fingerprint density at radius 1 is 1.33 bits per heavy atom. The Labute approximate surface area is 120 Å². The molecular weight excluding hydrogens is 276 g/mol. The number of likely N-dealkylation sites (tertiary alicyclic amines) is 1. The minimum Gasteiger partial charge on any atom is -0.480 e. The first-order chi connectivity index (χ1) is 9.95. The molecule has 0 spiro atoms. The van der Waals surface area contributed by atoms with Crippen LogP contribution in [0.3, 0.4) is 0 Å². The average Bonchev–Trinajstić information content (AvgIpc) is 2.98. The first kappa shape index (κ1) is 13.6. The summed E-state index contributed by atoms with van der Waals surface area (Å²) in [5.41, 5.74) is 1.72. The van der Waals surface area contributed by atoms with E-state index in [-0.39, 0.29) is 25.3 Å². The summed E-state index contributed by atoms with van der Waals surface area (Å²) in [6, 6.07) is 3.77. The van der Waals surface area contributed by atoms with Crippen LogP contribution in [-0.2, 0) is 16.0 Å². The van der Waals surface area contributed by atoms with E-state index in [1.165, 1.54) is 4.90 Å². The molecule has 1 aromatic rings. The van der Waals surface area contributed by atoms with E-state index in [0.717, 1.165) is 5.56 Å². The van der Waals surface area contributed by atoms with Crippen LogP contribution in [0, 0.1) is 0 Å². The van der Waals surface area contributed by atoms with Crippen molar-refractivity contribution in [3.8, 4) is 0 Å². The van der Waals surface area contributed by atoms with Gasteiger partial charge in [-0.05, 0) is 23.8 Å². The van der Waals surface area contributed by atoms with Crippen molar-refractivity contribution >= 4 is 23.5 Å². The molecule has 0 aliphatic carbocycles. The highest BCUT2D eigenvalue weighted by atomic mass is 16.4. The number of β-amino-alcohol motifs (C(OH)–C–C–N with tert-alkyl or cyclic N) is 1. The Morgan fingerprint density at radius 2 is 2.10 bits per heavy atom. The fraction of sp³-hybridized carbons (Fsp3) is 0.357. The molecule has 2 atom stereocenters. The molecule has 1 saturated heterocycles. The highest BCUT2D eigenvalue weighted by molar-refractivity contribution is 6.02. The number of carbonyl (C=O) groups excluding carboxylic acids is 2. The fourth-order valence-electron chi connectivity index (χ4n) is 2.80. The monoisotopic (exact) mass is 290 g/mol. The van der Waals surface area contributed by atoms with E-state index in [9.17, 15) is 19.5 Å². The van der Waals surface area contributed by atoms with Crippen LogP contribution < -0.4 is 5.32 Å². The maximum Gasteiger partial charge on any atom is 0.326 e. The zero-order valence-corrected chi connectivity index (χ0v) is 11.1. The van der Waals surface area contributed by atoms with Gasteiger partial charge in [0.25, 0.3) is 5.91 Å². The number of carbonyl (C=O) groups is 3. The number of nitrogens with zero attached hydrogens (tertiary/aromatic N) is 1. The van der Waals surface area contributed by atoms with E-state index in [4.69, 9.17) is 5.11 Å². The summed E-state index contributed by atoms with van der Waals surface area (Å²) in [4.78, 5) is 36.1. The summed E-state index contributed by atoms with van der Waals surface area (Å²) in [5.74, 6) is -1.70. The second-order valence-corrected chi connectivity index (χ2v) is 5.30. The number of benzene rings is 1. The zero-order chi connectivity index (χ0) is 15.1. The number of carboxylic acid groups (broad SMARTS) is 1. The van der Waals surface area contributed by atoms with Crippen LogP contribution in [0.2, 0.25) is 0 Å². The molecule has 3 rings (SSSR count). The van der Waals surface area contributed by atoms with Gasteiger partial charge in [-0.3, -0.25) is 9.59 Å². The summed E-state index contributed by atoms with van der Waals surface area (Å²) in [5, 5.41) is 21.4. The number of hydrogen-bond acceptors (Lipinski definition) is 4. The topological polar surface area (TPSA) is 107 Å². The number of carboxylic acids is 1. The van der Waals surface area contributed by atoms with Crippen molar-refractivity contribution in [2.24, 2.45) is 0 Å². The second-order valence-electron chi connectivity index (χ2n) is 5.30. The van der Waals surface area contributed by atoms with Gasteiger partial charge in [0, 0.05) is 24.2 Å². The molecular formula is C14H14N2O5. The Hall–Kier alpha value is -2.41. The number of anilines is 1. The molecule has 0 saturated carbocycles. The molecule has 21 heavy (non-hydrogen) atoms. The van der Waals surface area contributed by atoms with Gasteiger partial charge >= 0.3 is 5.97 Å². The van der Waals surface area contributed by atoms with Crippen LogP contribution >= 0.6 is 0 Å². The van der Waals surface area contributed by atoms with E-state index in [2.05, 4.69) is 5.32 Å². The summed E-state index contributed by atoms with van der Waals surface area (Å²) in [6.07, 6.45) is -0.583. The van der Waals surface area contributed by atoms with Gasteiger partial charge in [0.1, 0.15) is 6.04 Å². The number of aliphatic hydroxyl groups is 1. The third kappa shape index (κ3) is 2.36. The molecule has 7 nitrogen and oxygen atoms in total. The Morgan fingerprint density at radius 3 is 2.81 bits per heavy atom. The molecule has 2 heterocycles. The predicted molar refractivity (Wildman–Crippen MR) is 71.9 cm³/mol. The molecule has 3 N–H and O–H groups in total. The van der Waals surface area contributed by atoms with Crippen LogP contribution in [0.4, 0.5) is 5.69 Å². The van der Waals surface area contributed by atoms with Gasteiger partial charge in [-0.15, -0.1) is 0 Å². The highest BCUT2D eigenvalue weighted by Gasteiger charge is 2.39. The average molecular weight is 290 g/mol. The summed E-state index contributed by atoms with van der Waals surface area (Å²) >= 11 is 0. The maximum atomic E-state index is 12.4. The lowest BCUT2D eigenvalue weighted by molar-refractivity contribution is -0.141. The number of hydrogen-bond donors (Lipinski definition) is 3. The lowest BCUT2D eigenvalue weighted by Gasteiger charge is -2.21. The van der Waals surface area contributed by atoms with E-state index < -0.39 is 24.0 Å². The van der Waals surface area contributed by atoms with Crippen LogP contribution in [0.25, 0.3) is 0 Å². The van der Waals surface area contributed by atoms with Crippen molar-refractivity contribution in [2.45, 2.75) is 25.0 Å². The second kappa shape index (κ2) is 4.85. The molecule has 0 unspecified atom stereocenters. The molecule has 2 amide bonds. The number of aliphatic hydroxyl groups excluding tert-OH is 1. The summed E-state index contributed by atoms with van der Waals surface area (Å²) in [7, 11) is 0. The van der Waals surface area contributed by atoms with Gasteiger partial charge in [0.15, 0.2) is 0 Å². The largest absolute Gasteiger partial charge is 0.480 e. The fourth-order valence-corrected chi connectivity index (χ4v) is 2.80. The third-order valence-electron chi connectivity index (χ3n) is 3.80. The van der Waals surface area contributed by atoms with Gasteiger partial charge < -0.3 is 20.4 Å². The molecule has 2 aliphatic rings. The van der Waals surface area contributed by atoms with Gasteiger partial charge in [0.2, 0.25) is 5.91 Å². The van der Waals surface area contributed by atoms with Crippen LogP contribution in [0.5, 0.6) is 0 Å². The standard InChI is InChI=1S/C14H14N2O5/c17-9-5-11(14(20)21)16(6-9)13(19)7-1-2-10-8(3-7)4-12(18)15-10/h1-3,9,11,17H,4-6H2,(H,15,18)(H,20,21)/t9-,11-/m1/s1. The number of aliphatic carboxylic acids is 1. The predicted octanol–water partition coefficient (Wildman–Crippen LogP) is -0.159. The molecule has 1 aromatic carbocycles. The van der Waals surface area contributed by atoms with Crippen LogP contribution in [0.15, 0.2) is 18.2 Å². The van der Waals surface area contributed by atoms with Crippen molar-refractivity contribution in [3.63, 3.8) is 0 Å². The minimum atomic E-state index is -1.13. The lowest BCUT2D eigenvalue weighted by Crippen LogP contribution is -2.40. The first-order valence-electron chi connectivity index (χ1n) is 6.60. The SMILES string of the molecule is O=C1Cc2cc(C(=O)N3C[C@H](O)C[C@@H]3C(=O)O)ccc2N1. The highest BCUT2D eigenvalue weighted by Crippen LogP contribution is 2.26. The van der Waals surface area contributed by atoms with Crippen molar-refractivity contribution in [2.75, 3.05) is 11.9 Å². The van der Waals surface area contributed by atoms with E-state index in [1.54, 1.807) is 18.2 Å². The van der Waals surface area contributed by atoms with Crippen molar-refractivity contribution < 1.29 is 24.6 Å². The van der Waals surface area contributed by atoms with E-state index in [1.807, 2.05) is 0 Å². The number of fused-ring (bicyclic) bond motifs is 1. The maximum absolute atomic E-state index is 12.4. The van der Waals surface area contributed by atoms with Crippen LogP contribution in [-0.4, -0.2) is 51.6 Å². The van der Waals surface area contributed by atoms with E-state index >= 15 is 0 Å². The smallest absolute Gasteiger partial charge is 0.326 e. The van der Waals surface area contributed by atoms with Gasteiger partial charge in [-0.2, -0.15) is 0 Å². The molecule has 0 aromatic heterocycles. The molecule has 110 valence electrons. The zero-order valence-electron chi connectivity index (χ0n) is 11.1. The van der Waals surface area contributed by atoms with Crippen LogP contribution in [0.1, 0.15) is 22.3 Å². The number of nitrogens with one attached hydrogen (secondary N) is 1.